The van der Waals surface area contributed by atoms with Crippen LogP contribution in [0.2, 0.25) is 5.02 Å². The summed E-state index contributed by atoms with van der Waals surface area (Å²) < 4.78 is 4.66. The second kappa shape index (κ2) is 5.31. The largest absolute Gasteiger partial charge is 0.456 e. The van der Waals surface area contributed by atoms with Gasteiger partial charge in [0, 0.05) is 9.95 Å². The second-order valence-corrected chi connectivity index (χ2v) is 3.21. The number of hydrogen-bond donors (Lipinski definition) is 0. The number of carbonyl (C=O) groups is 1. The minimum atomic E-state index is -0.852. The molecule has 0 bridgehead atoms. The Hall–Kier alpha value is -1.62. The van der Waals surface area contributed by atoms with Crippen molar-refractivity contribution in [3.63, 3.8) is 0 Å². The molecular formula is C9H8ClNO4. The van der Waals surface area contributed by atoms with Gasteiger partial charge < -0.3 is 4.74 Å². The van der Waals surface area contributed by atoms with E-state index in [0.717, 1.165) is 5.56 Å². The monoisotopic (exact) mass is 229 g/mol. The molecule has 1 rings (SSSR count). The van der Waals surface area contributed by atoms with Crippen molar-refractivity contribution in [2.24, 2.45) is 0 Å². The van der Waals surface area contributed by atoms with E-state index < -0.39 is 17.4 Å². The Bertz CT molecular complexity index is 363. The van der Waals surface area contributed by atoms with Gasteiger partial charge in [-0.25, -0.2) is 4.79 Å². The molecule has 0 saturated heterocycles. The predicted molar refractivity (Wildman–Crippen MR) is 53.1 cm³/mol. The Morgan fingerprint density at radius 2 is 2.00 bits per heavy atom. The lowest BCUT2D eigenvalue weighted by Gasteiger charge is -2.02. The van der Waals surface area contributed by atoms with Crippen LogP contribution in [0.4, 0.5) is 0 Å². The van der Waals surface area contributed by atoms with Crippen LogP contribution in [0.1, 0.15) is 5.56 Å². The zero-order valence-electron chi connectivity index (χ0n) is 7.68. The molecule has 6 heteroatoms. The van der Waals surface area contributed by atoms with Crippen LogP contribution >= 0.6 is 11.6 Å². The highest BCUT2D eigenvalue weighted by Crippen LogP contribution is 2.10. The highest BCUT2D eigenvalue weighted by atomic mass is 35.5. The molecule has 0 fully saturated rings. The quantitative estimate of drug-likeness (QED) is 0.447. The SMILES string of the molecule is O=C(C[N+](=O)[O-])OCc1ccc(Cl)cc1. The molecule has 0 heterocycles. The molecule has 0 aliphatic rings. The molecule has 0 aromatic heterocycles. The van der Waals surface area contributed by atoms with E-state index in [1.165, 1.54) is 0 Å². The number of esters is 1. The van der Waals surface area contributed by atoms with E-state index in [4.69, 9.17) is 11.6 Å². The van der Waals surface area contributed by atoms with E-state index in [9.17, 15) is 14.9 Å². The van der Waals surface area contributed by atoms with E-state index in [1.54, 1.807) is 24.3 Å². The Kier molecular flexibility index (Phi) is 4.05. The summed E-state index contributed by atoms with van der Waals surface area (Å²) in [7, 11) is 0. The molecule has 1 aromatic carbocycles. The van der Waals surface area contributed by atoms with Gasteiger partial charge in [-0.05, 0) is 17.7 Å². The fourth-order valence-electron chi connectivity index (χ4n) is 0.896. The van der Waals surface area contributed by atoms with Gasteiger partial charge in [0.25, 0.3) is 6.54 Å². The van der Waals surface area contributed by atoms with Crippen LogP contribution in [0.5, 0.6) is 0 Å². The Labute approximate surface area is 90.8 Å². The van der Waals surface area contributed by atoms with Crippen molar-refractivity contribution in [3.8, 4) is 0 Å². The first kappa shape index (κ1) is 11.5. The third kappa shape index (κ3) is 4.42. The molecule has 5 nitrogen and oxygen atoms in total. The van der Waals surface area contributed by atoms with E-state index in [1.807, 2.05) is 0 Å². The molecule has 15 heavy (non-hydrogen) atoms. The molecule has 0 aliphatic heterocycles. The summed E-state index contributed by atoms with van der Waals surface area (Å²) in [5.74, 6) is -0.852. The molecular weight excluding hydrogens is 222 g/mol. The lowest BCUT2D eigenvalue weighted by Crippen LogP contribution is -2.16. The van der Waals surface area contributed by atoms with Gasteiger partial charge >= 0.3 is 5.97 Å². The number of nitrogens with zero attached hydrogens (tertiary/aromatic N) is 1. The maximum atomic E-state index is 10.8. The van der Waals surface area contributed by atoms with Crippen molar-refractivity contribution in [1.82, 2.24) is 0 Å². The fraction of sp³-hybridized carbons (Fsp3) is 0.222. The van der Waals surface area contributed by atoms with Gasteiger partial charge in [0.1, 0.15) is 6.61 Å². The highest BCUT2D eigenvalue weighted by Gasteiger charge is 2.10. The molecule has 0 amide bonds. The average molecular weight is 230 g/mol. The molecule has 0 atom stereocenters. The number of rotatable bonds is 4. The van der Waals surface area contributed by atoms with Gasteiger partial charge in [0.15, 0.2) is 0 Å². The maximum Gasteiger partial charge on any atom is 0.378 e. The van der Waals surface area contributed by atoms with E-state index >= 15 is 0 Å². The van der Waals surface area contributed by atoms with Crippen LogP contribution in [0.25, 0.3) is 0 Å². The van der Waals surface area contributed by atoms with Crippen molar-refractivity contribution in [3.05, 3.63) is 45.0 Å². The summed E-state index contributed by atoms with van der Waals surface area (Å²) in [6.07, 6.45) is 0. The number of carbonyl (C=O) groups excluding carboxylic acids is 1. The topological polar surface area (TPSA) is 69.4 Å². The van der Waals surface area contributed by atoms with Crippen LogP contribution < -0.4 is 0 Å². The van der Waals surface area contributed by atoms with E-state index in [2.05, 4.69) is 4.74 Å². The van der Waals surface area contributed by atoms with Crippen LogP contribution in [0.3, 0.4) is 0 Å². The van der Waals surface area contributed by atoms with E-state index in [0.29, 0.717) is 5.02 Å². The third-order valence-electron chi connectivity index (χ3n) is 1.57. The zero-order valence-corrected chi connectivity index (χ0v) is 8.44. The lowest BCUT2D eigenvalue weighted by atomic mass is 10.2. The first-order valence-electron chi connectivity index (χ1n) is 4.10. The molecule has 0 saturated carbocycles. The molecule has 80 valence electrons. The predicted octanol–water partition coefficient (Wildman–Crippen LogP) is 1.66. The van der Waals surface area contributed by atoms with Crippen molar-refractivity contribution >= 4 is 17.6 Å². The molecule has 0 unspecified atom stereocenters. The summed E-state index contributed by atoms with van der Waals surface area (Å²) in [5, 5.41) is 10.5. The molecule has 0 spiro atoms. The molecule has 0 N–H and O–H groups in total. The molecule has 1 aromatic rings. The summed E-state index contributed by atoms with van der Waals surface area (Å²) in [6.45, 7) is -0.794. The third-order valence-corrected chi connectivity index (χ3v) is 1.82. The number of nitro groups is 1. The van der Waals surface area contributed by atoms with Crippen molar-refractivity contribution in [1.29, 1.82) is 0 Å². The number of hydrogen-bond acceptors (Lipinski definition) is 4. The summed E-state index contributed by atoms with van der Waals surface area (Å²) >= 11 is 5.65. The van der Waals surface area contributed by atoms with Crippen LogP contribution in [-0.4, -0.2) is 17.4 Å². The van der Waals surface area contributed by atoms with Crippen molar-refractivity contribution in [2.45, 2.75) is 6.61 Å². The van der Waals surface area contributed by atoms with Gasteiger partial charge in [-0.1, -0.05) is 23.7 Å². The molecule has 0 radical (unpaired) electrons. The van der Waals surface area contributed by atoms with Gasteiger partial charge in [0.2, 0.25) is 0 Å². The number of halogens is 1. The minimum absolute atomic E-state index is 0.0177. The lowest BCUT2D eigenvalue weighted by molar-refractivity contribution is -0.470. The summed E-state index contributed by atoms with van der Waals surface area (Å²) in [5.41, 5.74) is 0.732. The second-order valence-electron chi connectivity index (χ2n) is 2.78. The van der Waals surface area contributed by atoms with Gasteiger partial charge in [0.05, 0.1) is 0 Å². The van der Waals surface area contributed by atoms with Crippen LogP contribution in [0, 0.1) is 10.1 Å². The maximum absolute atomic E-state index is 10.8. The van der Waals surface area contributed by atoms with Crippen LogP contribution in [0.15, 0.2) is 24.3 Å². The smallest absolute Gasteiger partial charge is 0.378 e. The van der Waals surface area contributed by atoms with Gasteiger partial charge in [-0.15, -0.1) is 0 Å². The number of ether oxygens (including phenoxy) is 1. The normalized spacial score (nSPS) is 9.67. The van der Waals surface area contributed by atoms with E-state index in [-0.39, 0.29) is 6.61 Å². The van der Waals surface area contributed by atoms with Crippen molar-refractivity contribution < 1.29 is 14.5 Å². The molecule has 0 aliphatic carbocycles. The first-order chi connectivity index (χ1) is 7.08. The fourth-order valence-corrected chi connectivity index (χ4v) is 1.02. The standard InChI is InChI=1S/C9H8ClNO4/c10-8-3-1-7(2-4-8)6-15-9(12)5-11(13)14/h1-4H,5-6H2. The average Bonchev–Trinajstić information content (AvgIpc) is 2.16. The zero-order chi connectivity index (χ0) is 11.3. The van der Waals surface area contributed by atoms with Crippen LogP contribution in [-0.2, 0) is 16.1 Å². The highest BCUT2D eigenvalue weighted by molar-refractivity contribution is 6.30. The summed E-state index contributed by atoms with van der Waals surface area (Å²) in [6, 6.07) is 6.67. The first-order valence-corrected chi connectivity index (χ1v) is 4.47. The summed E-state index contributed by atoms with van der Waals surface area (Å²) in [4.78, 5) is 20.0. The van der Waals surface area contributed by atoms with Gasteiger partial charge in [-0.3, -0.25) is 10.1 Å². The van der Waals surface area contributed by atoms with Gasteiger partial charge in [-0.2, -0.15) is 0 Å². The van der Waals surface area contributed by atoms with Crippen molar-refractivity contribution in [2.75, 3.05) is 6.54 Å². The Morgan fingerprint density at radius 3 is 2.53 bits per heavy atom. The minimum Gasteiger partial charge on any atom is -0.456 e. The Morgan fingerprint density at radius 1 is 1.40 bits per heavy atom. The number of benzene rings is 1. The Balaban J connectivity index is 2.40.